The van der Waals surface area contributed by atoms with Gasteiger partial charge in [-0.25, -0.2) is 0 Å². The number of nitrogens with two attached hydrogens (primary N) is 1. The van der Waals surface area contributed by atoms with Gasteiger partial charge < -0.3 is 10.6 Å². The van der Waals surface area contributed by atoms with Gasteiger partial charge >= 0.3 is 0 Å². The minimum atomic E-state index is -0.0798. The summed E-state index contributed by atoms with van der Waals surface area (Å²) in [6.07, 6.45) is 0. The lowest BCUT2D eigenvalue weighted by Gasteiger charge is -2.50. The van der Waals surface area contributed by atoms with Crippen LogP contribution in [0.2, 0.25) is 0 Å². The van der Waals surface area contributed by atoms with Crippen molar-refractivity contribution in [3.8, 4) is 0 Å². The average Bonchev–Trinajstić information content (AvgIpc) is 2.16. The summed E-state index contributed by atoms with van der Waals surface area (Å²) in [5.41, 5.74) is 6.11. The van der Waals surface area contributed by atoms with E-state index in [1.54, 1.807) is 0 Å². The summed E-state index contributed by atoms with van der Waals surface area (Å²) < 4.78 is 0. The number of carbonyl (C=O) groups is 1. The van der Waals surface area contributed by atoms with Gasteiger partial charge in [0.1, 0.15) is 0 Å². The SMILES string of the molecule is CCN(CC)C(=O)CN1CC(N)(C(C)C)C1. The van der Waals surface area contributed by atoms with Crippen molar-refractivity contribution in [2.45, 2.75) is 33.2 Å². The lowest BCUT2D eigenvalue weighted by molar-refractivity contribution is -0.134. The Morgan fingerprint density at radius 1 is 1.38 bits per heavy atom. The first-order chi connectivity index (χ1) is 7.42. The van der Waals surface area contributed by atoms with Gasteiger partial charge in [-0.15, -0.1) is 0 Å². The first kappa shape index (κ1) is 13.5. The zero-order chi connectivity index (χ0) is 12.3. The van der Waals surface area contributed by atoms with E-state index >= 15 is 0 Å². The van der Waals surface area contributed by atoms with E-state index in [9.17, 15) is 4.79 Å². The molecule has 0 aromatic carbocycles. The highest BCUT2D eigenvalue weighted by Crippen LogP contribution is 2.25. The fourth-order valence-electron chi connectivity index (χ4n) is 2.13. The molecular weight excluding hydrogens is 202 g/mol. The van der Waals surface area contributed by atoms with Crippen LogP contribution in [0.25, 0.3) is 0 Å². The molecule has 0 aromatic rings. The molecule has 1 amide bonds. The number of likely N-dealkylation sites (N-methyl/N-ethyl adjacent to an activating group) is 1. The fourth-order valence-corrected chi connectivity index (χ4v) is 2.13. The van der Waals surface area contributed by atoms with Crippen molar-refractivity contribution < 1.29 is 4.79 Å². The van der Waals surface area contributed by atoms with E-state index in [-0.39, 0.29) is 11.4 Å². The maximum absolute atomic E-state index is 11.8. The summed E-state index contributed by atoms with van der Waals surface area (Å²) >= 11 is 0. The molecule has 0 aromatic heterocycles. The van der Waals surface area contributed by atoms with Crippen LogP contribution in [0.4, 0.5) is 0 Å². The van der Waals surface area contributed by atoms with Gasteiger partial charge in [-0.3, -0.25) is 9.69 Å². The Morgan fingerprint density at radius 3 is 2.25 bits per heavy atom. The van der Waals surface area contributed by atoms with E-state index < -0.39 is 0 Å². The van der Waals surface area contributed by atoms with E-state index in [1.165, 1.54) is 0 Å². The topological polar surface area (TPSA) is 49.6 Å². The molecule has 0 unspecified atom stereocenters. The van der Waals surface area contributed by atoms with Crippen molar-refractivity contribution in [3.63, 3.8) is 0 Å². The molecule has 2 N–H and O–H groups in total. The fraction of sp³-hybridized carbons (Fsp3) is 0.917. The number of hydrogen-bond acceptors (Lipinski definition) is 3. The summed E-state index contributed by atoms with van der Waals surface area (Å²) in [5.74, 6) is 0.697. The molecule has 1 rings (SSSR count). The molecule has 94 valence electrons. The predicted molar refractivity (Wildman–Crippen MR) is 66.1 cm³/mol. The third-order valence-corrected chi connectivity index (χ3v) is 3.66. The highest BCUT2D eigenvalue weighted by molar-refractivity contribution is 5.78. The molecule has 0 aliphatic carbocycles. The van der Waals surface area contributed by atoms with Gasteiger partial charge in [-0.05, 0) is 19.8 Å². The number of nitrogens with zero attached hydrogens (tertiary/aromatic N) is 2. The van der Waals surface area contributed by atoms with Crippen molar-refractivity contribution >= 4 is 5.91 Å². The second kappa shape index (κ2) is 5.15. The highest BCUT2D eigenvalue weighted by atomic mass is 16.2. The van der Waals surface area contributed by atoms with Crippen molar-refractivity contribution in [1.82, 2.24) is 9.80 Å². The number of amides is 1. The smallest absolute Gasteiger partial charge is 0.236 e. The Hall–Kier alpha value is -0.610. The Labute approximate surface area is 98.8 Å². The highest BCUT2D eigenvalue weighted by Gasteiger charge is 2.42. The Kier molecular flexibility index (Phi) is 4.33. The molecule has 0 bridgehead atoms. The normalized spacial score (nSPS) is 19.6. The van der Waals surface area contributed by atoms with Crippen LogP contribution in [-0.2, 0) is 4.79 Å². The predicted octanol–water partition coefficient (Wildman–Crippen LogP) is 0.524. The second-order valence-electron chi connectivity index (χ2n) is 5.10. The Balaban J connectivity index is 2.35. The van der Waals surface area contributed by atoms with Crippen LogP contribution in [0.3, 0.4) is 0 Å². The van der Waals surface area contributed by atoms with Gasteiger partial charge in [0.25, 0.3) is 0 Å². The van der Waals surface area contributed by atoms with Crippen LogP contribution in [0, 0.1) is 5.92 Å². The number of hydrogen-bond donors (Lipinski definition) is 1. The van der Waals surface area contributed by atoms with Crippen molar-refractivity contribution in [1.29, 1.82) is 0 Å². The maximum atomic E-state index is 11.8. The molecular formula is C12H25N3O. The molecule has 0 radical (unpaired) electrons. The minimum absolute atomic E-state index is 0.0798. The van der Waals surface area contributed by atoms with Gasteiger partial charge in [0.15, 0.2) is 0 Å². The van der Waals surface area contributed by atoms with Gasteiger partial charge in [0, 0.05) is 31.7 Å². The van der Waals surface area contributed by atoms with E-state index in [0.717, 1.165) is 26.2 Å². The summed E-state index contributed by atoms with van der Waals surface area (Å²) in [5, 5.41) is 0. The van der Waals surface area contributed by atoms with Gasteiger partial charge in [0.05, 0.1) is 6.54 Å². The molecule has 4 heteroatoms. The van der Waals surface area contributed by atoms with Crippen molar-refractivity contribution in [2.75, 3.05) is 32.7 Å². The molecule has 4 nitrogen and oxygen atoms in total. The summed E-state index contributed by atoms with van der Waals surface area (Å²) in [6, 6.07) is 0. The Morgan fingerprint density at radius 2 is 1.88 bits per heavy atom. The first-order valence-corrected chi connectivity index (χ1v) is 6.22. The monoisotopic (exact) mass is 227 g/mol. The summed E-state index contributed by atoms with van der Waals surface area (Å²) in [6.45, 7) is 12.1. The molecule has 1 fully saturated rings. The lowest BCUT2D eigenvalue weighted by atomic mass is 9.80. The van der Waals surface area contributed by atoms with Crippen molar-refractivity contribution in [2.24, 2.45) is 11.7 Å². The zero-order valence-corrected chi connectivity index (χ0v) is 11.0. The van der Waals surface area contributed by atoms with Gasteiger partial charge in [-0.1, -0.05) is 13.8 Å². The van der Waals surface area contributed by atoms with Crippen molar-refractivity contribution in [3.05, 3.63) is 0 Å². The molecule has 1 saturated heterocycles. The third-order valence-electron chi connectivity index (χ3n) is 3.66. The van der Waals surface area contributed by atoms with Crippen LogP contribution < -0.4 is 5.73 Å². The van der Waals surface area contributed by atoms with E-state index in [4.69, 9.17) is 5.73 Å². The van der Waals surface area contributed by atoms with Crippen LogP contribution in [-0.4, -0.2) is 54.0 Å². The molecule has 1 aliphatic heterocycles. The standard InChI is InChI=1S/C12H25N3O/c1-5-15(6-2)11(16)7-14-8-12(13,9-14)10(3)4/h10H,5-9,13H2,1-4H3. The van der Waals surface area contributed by atoms with E-state index in [1.807, 2.05) is 18.7 Å². The quantitative estimate of drug-likeness (QED) is 0.745. The second-order valence-corrected chi connectivity index (χ2v) is 5.10. The molecule has 16 heavy (non-hydrogen) atoms. The number of carbonyl (C=O) groups excluding carboxylic acids is 1. The minimum Gasteiger partial charge on any atom is -0.342 e. The van der Waals surface area contributed by atoms with Crippen LogP contribution in [0.5, 0.6) is 0 Å². The Bertz CT molecular complexity index is 243. The van der Waals surface area contributed by atoms with Crippen LogP contribution >= 0.6 is 0 Å². The molecule has 1 aliphatic rings. The summed E-state index contributed by atoms with van der Waals surface area (Å²) in [4.78, 5) is 15.8. The van der Waals surface area contributed by atoms with Crippen LogP contribution in [0.15, 0.2) is 0 Å². The third kappa shape index (κ3) is 2.74. The molecule has 0 spiro atoms. The number of likely N-dealkylation sites (tertiary alicyclic amines) is 1. The van der Waals surface area contributed by atoms with Crippen LogP contribution in [0.1, 0.15) is 27.7 Å². The molecule has 1 heterocycles. The largest absolute Gasteiger partial charge is 0.342 e. The van der Waals surface area contributed by atoms with E-state index in [2.05, 4.69) is 18.7 Å². The molecule has 0 atom stereocenters. The zero-order valence-electron chi connectivity index (χ0n) is 11.0. The lowest BCUT2D eigenvalue weighted by Crippen LogP contribution is -2.70. The summed E-state index contributed by atoms with van der Waals surface area (Å²) in [7, 11) is 0. The van der Waals surface area contributed by atoms with Gasteiger partial charge in [0.2, 0.25) is 5.91 Å². The maximum Gasteiger partial charge on any atom is 0.236 e. The van der Waals surface area contributed by atoms with E-state index in [0.29, 0.717) is 12.5 Å². The van der Waals surface area contributed by atoms with Gasteiger partial charge in [-0.2, -0.15) is 0 Å². The molecule has 0 saturated carbocycles. The average molecular weight is 227 g/mol. The first-order valence-electron chi connectivity index (χ1n) is 6.22. The number of rotatable bonds is 5.